The van der Waals surface area contributed by atoms with Crippen LogP contribution in [0.1, 0.15) is 38.8 Å². The van der Waals surface area contributed by atoms with Crippen LogP contribution >= 0.6 is 0 Å². The van der Waals surface area contributed by atoms with Gasteiger partial charge in [-0.2, -0.15) is 0 Å². The molecule has 0 radical (unpaired) electrons. The minimum Gasteiger partial charge on any atom is -0.508 e. The molecule has 0 aromatic heterocycles. The number of nitrogens with zero attached hydrogens (tertiary/aromatic N) is 1. The van der Waals surface area contributed by atoms with E-state index in [4.69, 9.17) is 0 Å². The molecule has 2 N–H and O–H groups in total. The zero-order valence-electron chi connectivity index (χ0n) is 11.8. The molecule has 0 spiro atoms. The van der Waals surface area contributed by atoms with Gasteiger partial charge in [-0.15, -0.1) is 0 Å². The Bertz CT molecular complexity index is 320. The maximum atomic E-state index is 9.24. The van der Waals surface area contributed by atoms with Gasteiger partial charge in [0.25, 0.3) is 0 Å². The smallest absolute Gasteiger partial charge is 0.115 e. The third-order valence-electron chi connectivity index (χ3n) is 3.39. The summed E-state index contributed by atoms with van der Waals surface area (Å²) in [4.78, 5) is 2.44. The molecule has 3 nitrogen and oxygen atoms in total. The summed E-state index contributed by atoms with van der Waals surface area (Å²) >= 11 is 0. The maximum absolute atomic E-state index is 9.24. The lowest BCUT2D eigenvalue weighted by Crippen LogP contribution is -2.28. The number of rotatable bonds is 8. The second kappa shape index (κ2) is 8.11. The van der Waals surface area contributed by atoms with Crippen molar-refractivity contribution in [3.63, 3.8) is 0 Å². The highest BCUT2D eigenvalue weighted by molar-refractivity contribution is 5.27. The largest absolute Gasteiger partial charge is 0.508 e. The summed E-state index contributed by atoms with van der Waals surface area (Å²) in [5, 5.41) is 12.8. The summed E-state index contributed by atoms with van der Waals surface area (Å²) in [6.07, 6.45) is 1.17. The Hall–Kier alpha value is -1.06. The number of hydrogen-bond donors (Lipinski definition) is 2. The summed E-state index contributed by atoms with van der Waals surface area (Å²) in [5.74, 6) is 0.326. The molecule has 102 valence electrons. The van der Waals surface area contributed by atoms with E-state index in [2.05, 4.69) is 31.0 Å². The summed E-state index contributed by atoms with van der Waals surface area (Å²) in [7, 11) is 0. The predicted octanol–water partition coefficient (Wildman–Crippen LogP) is 2.77. The van der Waals surface area contributed by atoms with Gasteiger partial charge in [0.15, 0.2) is 0 Å². The van der Waals surface area contributed by atoms with Gasteiger partial charge in [0.1, 0.15) is 5.75 Å². The molecular weight excluding hydrogens is 224 g/mol. The first-order valence-corrected chi connectivity index (χ1v) is 6.92. The van der Waals surface area contributed by atoms with Crippen molar-refractivity contribution in [1.82, 2.24) is 10.2 Å². The highest BCUT2D eigenvalue weighted by Gasteiger charge is 2.04. The van der Waals surface area contributed by atoms with Crippen LogP contribution in [0.3, 0.4) is 0 Å². The fourth-order valence-corrected chi connectivity index (χ4v) is 2.04. The number of benzene rings is 1. The van der Waals surface area contributed by atoms with Crippen LogP contribution < -0.4 is 5.32 Å². The molecule has 1 rings (SSSR count). The van der Waals surface area contributed by atoms with Gasteiger partial charge >= 0.3 is 0 Å². The molecule has 0 bridgehead atoms. The molecule has 1 aromatic carbocycles. The van der Waals surface area contributed by atoms with Crippen LogP contribution in [0.15, 0.2) is 24.3 Å². The highest BCUT2D eigenvalue weighted by Crippen LogP contribution is 2.16. The standard InChI is InChI=1S/C15H26N2O/c1-4-17(5-2)12-6-11-16-13(3)14-7-9-15(18)10-8-14/h7-10,13,16,18H,4-6,11-12H2,1-3H3. The van der Waals surface area contributed by atoms with Crippen molar-refractivity contribution in [1.29, 1.82) is 0 Å². The molecule has 0 saturated carbocycles. The fourth-order valence-electron chi connectivity index (χ4n) is 2.04. The van der Waals surface area contributed by atoms with Crippen molar-refractivity contribution in [2.75, 3.05) is 26.2 Å². The molecule has 0 heterocycles. The van der Waals surface area contributed by atoms with E-state index in [0.29, 0.717) is 11.8 Å². The van der Waals surface area contributed by atoms with E-state index >= 15 is 0 Å². The topological polar surface area (TPSA) is 35.5 Å². The number of phenolic OH excluding ortho intramolecular Hbond substituents is 1. The van der Waals surface area contributed by atoms with Crippen molar-refractivity contribution < 1.29 is 5.11 Å². The van der Waals surface area contributed by atoms with Gasteiger partial charge < -0.3 is 15.3 Å². The average molecular weight is 250 g/mol. The Labute approximate surface area is 111 Å². The summed E-state index contributed by atoms with van der Waals surface area (Å²) in [6.45, 7) is 11.0. The molecule has 1 atom stereocenters. The molecule has 0 aliphatic rings. The first-order valence-electron chi connectivity index (χ1n) is 6.92. The molecule has 0 saturated heterocycles. The van der Waals surface area contributed by atoms with Gasteiger partial charge in [-0.1, -0.05) is 26.0 Å². The van der Waals surface area contributed by atoms with Gasteiger partial charge in [0.05, 0.1) is 0 Å². The van der Waals surface area contributed by atoms with Gasteiger partial charge in [-0.25, -0.2) is 0 Å². The van der Waals surface area contributed by atoms with Crippen LogP contribution in [0, 0.1) is 0 Å². The monoisotopic (exact) mass is 250 g/mol. The van der Waals surface area contributed by atoms with Gasteiger partial charge in [-0.05, 0) is 57.2 Å². The predicted molar refractivity (Wildman–Crippen MR) is 76.9 cm³/mol. The Kier molecular flexibility index (Phi) is 6.76. The van der Waals surface area contributed by atoms with Crippen LogP contribution in [0.4, 0.5) is 0 Å². The van der Waals surface area contributed by atoms with E-state index in [-0.39, 0.29) is 0 Å². The van der Waals surface area contributed by atoms with Gasteiger partial charge in [0, 0.05) is 6.04 Å². The lowest BCUT2D eigenvalue weighted by atomic mass is 10.1. The lowest BCUT2D eigenvalue weighted by Gasteiger charge is -2.19. The van der Waals surface area contributed by atoms with Crippen LogP contribution in [0.2, 0.25) is 0 Å². The summed E-state index contributed by atoms with van der Waals surface area (Å²) < 4.78 is 0. The minimum absolute atomic E-state index is 0.326. The van der Waals surface area contributed by atoms with Crippen LogP contribution in [0.5, 0.6) is 5.75 Å². The van der Waals surface area contributed by atoms with Gasteiger partial charge in [-0.3, -0.25) is 0 Å². The molecule has 0 aliphatic carbocycles. The number of phenols is 1. The third kappa shape index (κ3) is 5.07. The van der Waals surface area contributed by atoms with Crippen molar-refractivity contribution >= 4 is 0 Å². The Morgan fingerprint density at radius 2 is 1.78 bits per heavy atom. The van der Waals surface area contributed by atoms with Crippen LogP contribution in [-0.2, 0) is 0 Å². The van der Waals surface area contributed by atoms with Crippen LogP contribution in [0.25, 0.3) is 0 Å². The number of hydrogen-bond acceptors (Lipinski definition) is 3. The zero-order valence-corrected chi connectivity index (χ0v) is 11.8. The third-order valence-corrected chi connectivity index (χ3v) is 3.39. The molecule has 3 heteroatoms. The summed E-state index contributed by atoms with van der Waals surface area (Å²) in [6, 6.07) is 7.75. The maximum Gasteiger partial charge on any atom is 0.115 e. The Morgan fingerprint density at radius 1 is 1.17 bits per heavy atom. The first kappa shape index (κ1) is 15.0. The van der Waals surface area contributed by atoms with E-state index in [0.717, 1.165) is 26.2 Å². The molecule has 0 fully saturated rings. The molecule has 1 aromatic rings. The number of aromatic hydroxyl groups is 1. The molecule has 1 unspecified atom stereocenters. The van der Waals surface area contributed by atoms with Crippen molar-refractivity contribution in [3.05, 3.63) is 29.8 Å². The Morgan fingerprint density at radius 3 is 2.33 bits per heavy atom. The molecular formula is C15H26N2O. The van der Waals surface area contributed by atoms with Crippen molar-refractivity contribution in [2.24, 2.45) is 0 Å². The minimum atomic E-state index is 0.326. The normalized spacial score (nSPS) is 12.9. The lowest BCUT2D eigenvalue weighted by molar-refractivity contribution is 0.296. The molecule has 0 amide bonds. The first-order chi connectivity index (χ1) is 8.67. The fraction of sp³-hybridized carbons (Fsp3) is 0.600. The average Bonchev–Trinajstić information content (AvgIpc) is 2.39. The zero-order chi connectivity index (χ0) is 13.4. The quantitative estimate of drug-likeness (QED) is 0.696. The highest BCUT2D eigenvalue weighted by atomic mass is 16.3. The molecule has 18 heavy (non-hydrogen) atoms. The van der Waals surface area contributed by atoms with Gasteiger partial charge in [0.2, 0.25) is 0 Å². The van der Waals surface area contributed by atoms with E-state index in [1.54, 1.807) is 12.1 Å². The van der Waals surface area contributed by atoms with Crippen LogP contribution in [-0.4, -0.2) is 36.2 Å². The van der Waals surface area contributed by atoms with Crippen molar-refractivity contribution in [2.45, 2.75) is 33.2 Å². The van der Waals surface area contributed by atoms with E-state index < -0.39 is 0 Å². The SMILES string of the molecule is CCN(CC)CCCNC(C)c1ccc(O)cc1. The Balaban J connectivity index is 2.25. The van der Waals surface area contributed by atoms with E-state index in [1.807, 2.05) is 12.1 Å². The van der Waals surface area contributed by atoms with E-state index in [9.17, 15) is 5.11 Å². The van der Waals surface area contributed by atoms with E-state index in [1.165, 1.54) is 12.0 Å². The molecule has 0 aliphatic heterocycles. The second-order valence-electron chi connectivity index (χ2n) is 4.65. The van der Waals surface area contributed by atoms with Crippen molar-refractivity contribution in [3.8, 4) is 5.75 Å². The summed E-state index contributed by atoms with van der Waals surface area (Å²) in [5.41, 5.74) is 1.22. The second-order valence-corrected chi connectivity index (χ2v) is 4.65. The number of nitrogens with one attached hydrogen (secondary N) is 1.